The van der Waals surface area contributed by atoms with Gasteiger partial charge in [0.1, 0.15) is 15.2 Å². The van der Waals surface area contributed by atoms with Gasteiger partial charge in [-0.15, -0.1) is 11.3 Å². The van der Waals surface area contributed by atoms with Crippen molar-refractivity contribution in [2.24, 2.45) is 0 Å². The van der Waals surface area contributed by atoms with Crippen LogP contribution in [0.4, 0.5) is 5.69 Å². The number of thiophene rings is 1. The van der Waals surface area contributed by atoms with Gasteiger partial charge in [0.2, 0.25) is 0 Å². The molecule has 1 aliphatic carbocycles. The van der Waals surface area contributed by atoms with Gasteiger partial charge in [-0.05, 0) is 19.1 Å². The second kappa shape index (κ2) is 6.19. The number of nitrogens with one attached hydrogen (secondary N) is 1. The zero-order valence-corrected chi connectivity index (χ0v) is 13.5. The molecule has 2 heterocycles. The number of carbonyl (C=O) groups is 1. The predicted octanol–water partition coefficient (Wildman–Crippen LogP) is 2.68. The van der Waals surface area contributed by atoms with Crippen LogP contribution in [0.15, 0.2) is 12.4 Å². The van der Waals surface area contributed by atoms with Crippen LogP contribution in [0.1, 0.15) is 35.4 Å². The lowest BCUT2D eigenvalue weighted by Gasteiger charge is -2.30. The molecule has 1 amide bonds. The average Bonchev–Trinajstić information content (AvgIpc) is 2.85. The van der Waals surface area contributed by atoms with Crippen molar-refractivity contribution in [2.75, 3.05) is 12.0 Å². The molecule has 0 radical (unpaired) electrons. The third-order valence-electron chi connectivity index (χ3n) is 3.89. The number of anilines is 1. The maximum Gasteiger partial charge on any atom is 0.263 e. The fraction of sp³-hybridized carbons (Fsp3) is 0.500. The number of nitrogens with two attached hydrogens (primary N) is 1. The molecule has 2 atom stereocenters. The first kappa shape index (κ1) is 14.6. The summed E-state index contributed by atoms with van der Waals surface area (Å²) in [6, 6.07) is 0.229. The van der Waals surface area contributed by atoms with Crippen molar-refractivity contribution in [3.63, 3.8) is 0 Å². The number of nitrogens with zero attached hydrogens (tertiary/aromatic N) is 2. The van der Waals surface area contributed by atoms with Crippen LogP contribution in [0.25, 0.3) is 10.3 Å². The van der Waals surface area contributed by atoms with Crippen LogP contribution in [0.5, 0.6) is 0 Å². The minimum absolute atomic E-state index is 0.0942. The Kier molecular flexibility index (Phi) is 4.30. The van der Waals surface area contributed by atoms with Crippen LogP contribution in [0, 0.1) is 0 Å². The number of thioether (sulfide) groups is 1. The summed E-state index contributed by atoms with van der Waals surface area (Å²) in [6.07, 6.45) is 9.94. The topological polar surface area (TPSA) is 80.9 Å². The van der Waals surface area contributed by atoms with Crippen LogP contribution in [0.2, 0.25) is 0 Å². The minimum Gasteiger partial charge on any atom is -0.396 e. The number of hydrogen-bond acceptors (Lipinski definition) is 6. The molecular weight excluding hydrogens is 304 g/mol. The largest absolute Gasteiger partial charge is 0.396 e. The highest BCUT2D eigenvalue weighted by Gasteiger charge is 2.27. The Morgan fingerprint density at radius 2 is 2.14 bits per heavy atom. The van der Waals surface area contributed by atoms with E-state index in [0.29, 0.717) is 26.2 Å². The fourth-order valence-electron chi connectivity index (χ4n) is 2.79. The van der Waals surface area contributed by atoms with Gasteiger partial charge in [-0.3, -0.25) is 4.79 Å². The fourth-order valence-corrected chi connectivity index (χ4v) is 4.65. The lowest BCUT2D eigenvalue weighted by Crippen LogP contribution is -2.43. The number of carbonyl (C=O) groups excluding carboxylic acids is 1. The van der Waals surface area contributed by atoms with Gasteiger partial charge >= 0.3 is 0 Å². The van der Waals surface area contributed by atoms with E-state index in [1.165, 1.54) is 24.2 Å². The van der Waals surface area contributed by atoms with Gasteiger partial charge in [0.25, 0.3) is 5.91 Å². The predicted molar refractivity (Wildman–Crippen MR) is 88.9 cm³/mol. The zero-order chi connectivity index (χ0) is 14.8. The molecule has 0 aliphatic heterocycles. The molecule has 2 aromatic rings. The molecule has 1 aliphatic rings. The van der Waals surface area contributed by atoms with Crippen LogP contribution >= 0.6 is 23.1 Å². The molecule has 21 heavy (non-hydrogen) atoms. The van der Waals surface area contributed by atoms with Gasteiger partial charge < -0.3 is 11.1 Å². The van der Waals surface area contributed by atoms with Crippen molar-refractivity contribution in [1.29, 1.82) is 0 Å². The number of fused-ring (bicyclic) bond motifs is 1. The van der Waals surface area contributed by atoms with Crippen molar-refractivity contribution in [3.05, 3.63) is 17.3 Å². The van der Waals surface area contributed by atoms with Crippen molar-refractivity contribution < 1.29 is 4.79 Å². The van der Waals surface area contributed by atoms with Crippen molar-refractivity contribution in [2.45, 2.75) is 37.0 Å². The molecule has 3 N–H and O–H groups in total. The zero-order valence-electron chi connectivity index (χ0n) is 11.8. The van der Waals surface area contributed by atoms with Crippen molar-refractivity contribution in [3.8, 4) is 0 Å². The summed E-state index contributed by atoms with van der Waals surface area (Å²) < 4.78 is 0. The molecule has 112 valence electrons. The summed E-state index contributed by atoms with van der Waals surface area (Å²) in [5.74, 6) is -0.0942. The highest BCUT2D eigenvalue weighted by atomic mass is 32.2. The Balaban J connectivity index is 1.82. The third kappa shape index (κ3) is 2.85. The molecular formula is C14H18N4OS2. The normalized spacial score (nSPS) is 22.3. The summed E-state index contributed by atoms with van der Waals surface area (Å²) in [7, 11) is 0. The standard InChI is InChI=1S/C14H18N4OS2/c1-20-9-5-3-2-4-8(9)18-13(19)12-10(15)11-14(21-12)17-7-6-16-11/h6-9H,2-5,15H2,1H3,(H,18,19). The highest BCUT2D eigenvalue weighted by molar-refractivity contribution is 7.99. The molecule has 0 spiro atoms. The van der Waals surface area contributed by atoms with Gasteiger partial charge in [-0.1, -0.05) is 12.8 Å². The Morgan fingerprint density at radius 1 is 1.38 bits per heavy atom. The first-order valence-electron chi connectivity index (χ1n) is 7.03. The molecule has 0 aromatic carbocycles. The van der Waals surface area contributed by atoms with E-state index in [9.17, 15) is 4.79 Å². The van der Waals surface area contributed by atoms with E-state index in [0.717, 1.165) is 12.8 Å². The SMILES string of the molecule is CSC1CCCCC1NC(=O)c1sc2nccnc2c1N. The quantitative estimate of drug-likeness (QED) is 0.908. The summed E-state index contributed by atoms with van der Waals surface area (Å²) in [5, 5.41) is 3.65. The number of rotatable bonds is 3. The van der Waals surface area contributed by atoms with E-state index in [1.54, 1.807) is 12.4 Å². The highest BCUT2D eigenvalue weighted by Crippen LogP contribution is 2.32. The molecule has 1 fully saturated rings. The van der Waals surface area contributed by atoms with E-state index < -0.39 is 0 Å². The molecule has 7 heteroatoms. The first-order chi connectivity index (χ1) is 10.2. The maximum absolute atomic E-state index is 12.5. The monoisotopic (exact) mass is 322 g/mol. The van der Waals surface area contributed by atoms with Crippen molar-refractivity contribution >= 4 is 45.0 Å². The number of nitrogen functional groups attached to an aromatic ring is 1. The van der Waals surface area contributed by atoms with Gasteiger partial charge in [0.05, 0.1) is 5.69 Å². The molecule has 3 rings (SSSR count). The Labute approximate surface area is 131 Å². The second-order valence-electron chi connectivity index (χ2n) is 5.19. The lowest BCUT2D eigenvalue weighted by molar-refractivity contribution is 0.0934. The molecule has 0 bridgehead atoms. The summed E-state index contributed by atoms with van der Waals surface area (Å²) >= 11 is 3.14. The Hall–Kier alpha value is -1.34. The van der Waals surface area contributed by atoms with Crippen LogP contribution in [0.3, 0.4) is 0 Å². The summed E-state index contributed by atoms with van der Waals surface area (Å²) in [6.45, 7) is 0. The lowest BCUT2D eigenvalue weighted by atomic mass is 9.95. The number of amides is 1. The van der Waals surface area contributed by atoms with Crippen molar-refractivity contribution in [1.82, 2.24) is 15.3 Å². The molecule has 0 saturated heterocycles. The minimum atomic E-state index is -0.0942. The van der Waals surface area contributed by atoms with E-state index in [1.807, 2.05) is 11.8 Å². The summed E-state index contributed by atoms with van der Waals surface area (Å²) in [4.78, 5) is 22.2. The average molecular weight is 322 g/mol. The first-order valence-corrected chi connectivity index (χ1v) is 9.13. The third-order valence-corrected chi connectivity index (χ3v) is 6.16. The molecule has 1 saturated carbocycles. The maximum atomic E-state index is 12.5. The van der Waals surface area contributed by atoms with Gasteiger partial charge in [0, 0.05) is 23.7 Å². The van der Waals surface area contributed by atoms with Gasteiger partial charge in [-0.25, -0.2) is 9.97 Å². The van der Waals surface area contributed by atoms with E-state index in [4.69, 9.17) is 5.73 Å². The van der Waals surface area contributed by atoms with Gasteiger partial charge in [-0.2, -0.15) is 11.8 Å². The molecule has 2 aromatic heterocycles. The van der Waals surface area contributed by atoms with E-state index in [-0.39, 0.29) is 11.9 Å². The van der Waals surface area contributed by atoms with Crippen LogP contribution in [-0.2, 0) is 0 Å². The van der Waals surface area contributed by atoms with Gasteiger partial charge in [0.15, 0.2) is 0 Å². The second-order valence-corrected chi connectivity index (χ2v) is 7.27. The number of aromatic nitrogens is 2. The van der Waals surface area contributed by atoms with E-state index >= 15 is 0 Å². The van der Waals surface area contributed by atoms with Crippen LogP contribution < -0.4 is 11.1 Å². The van der Waals surface area contributed by atoms with E-state index in [2.05, 4.69) is 21.5 Å². The van der Waals surface area contributed by atoms with Crippen LogP contribution in [-0.4, -0.2) is 33.4 Å². The molecule has 5 nitrogen and oxygen atoms in total. The Morgan fingerprint density at radius 3 is 2.90 bits per heavy atom. The Bertz CT molecular complexity index is 657. The smallest absolute Gasteiger partial charge is 0.263 e. The summed E-state index contributed by atoms with van der Waals surface area (Å²) in [5.41, 5.74) is 7.12. The number of hydrogen-bond donors (Lipinski definition) is 2. The molecule has 2 unspecified atom stereocenters.